The maximum Gasteiger partial charge on any atom is 0.309 e. The van der Waals surface area contributed by atoms with Gasteiger partial charge in [-0.25, -0.2) is 4.39 Å². The van der Waals surface area contributed by atoms with Gasteiger partial charge < -0.3 is 14.2 Å². The lowest BCUT2D eigenvalue weighted by molar-refractivity contribution is -0.145. The quantitative estimate of drug-likeness (QED) is 0.141. The summed E-state index contributed by atoms with van der Waals surface area (Å²) < 4.78 is 32.1. The van der Waals surface area contributed by atoms with Crippen LogP contribution in [0.15, 0.2) is 54.6 Å². The monoisotopic (exact) mass is 642 g/mol. The van der Waals surface area contributed by atoms with Crippen LogP contribution in [0.25, 0.3) is 11.1 Å². The zero-order chi connectivity index (χ0) is 27.9. The van der Waals surface area contributed by atoms with E-state index in [0.29, 0.717) is 24.5 Å². The number of hydrogen-bond acceptors (Lipinski definition) is 4. The highest BCUT2D eigenvalue weighted by atomic mass is 127. The van der Waals surface area contributed by atoms with Gasteiger partial charge in [-0.1, -0.05) is 67.6 Å². The molecule has 3 aromatic carbocycles. The van der Waals surface area contributed by atoms with Gasteiger partial charge in [0.1, 0.15) is 23.9 Å². The number of rotatable bonds is 8. The maximum absolute atomic E-state index is 15.0. The third-order valence-corrected chi connectivity index (χ3v) is 10.7. The molecule has 0 aliphatic heterocycles. The van der Waals surface area contributed by atoms with Gasteiger partial charge in [0, 0.05) is 14.9 Å². The van der Waals surface area contributed by atoms with Crippen molar-refractivity contribution in [2.45, 2.75) is 62.9 Å². The average Bonchev–Trinajstić information content (AvgIpc) is 3.55. The summed E-state index contributed by atoms with van der Waals surface area (Å²) >= 11 is 2.46. The van der Waals surface area contributed by atoms with Gasteiger partial charge in [-0.05, 0) is 89.8 Å². The Morgan fingerprint density at radius 1 is 1.08 bits per heavy atom. The standard InChI is InChI=1S/C33H36FIO4/c1-6-38-31(36)28-18-33(28)14-13-21-8-9-23(17-27(21)33)39-19-20-7-11-24(26(15-20)30(35)32(2,3)4)25-16-22(37-5)10-12-29(25)34/h7-12,15-17,28,30H,6,13-14,18-19H2,1-5H3/t28-,30?,33-/m0/s1. The van der Waals surface area contributed by atoms with Crippen LogP contribution in [0.5, 0.6) is 11.5 Å². The topological polar surface area (TPSA) is 44.8 Å². The number of ether oxygens (including phenoxy) is 3. The van der Waals surface area contributed by atoms with E-state index in [-0.39, 0.29) is 32.5 Å². The van der Waals surface area contributed by atoms with Gasteiger partial charge in [-0.3, -0.25) is 4.79 Å². The van der Waals surface area contributed by atoms with E-state index in [4.69, 9.17) is 14.2 Å². The van der Waals surface area contributed by atoms with Crippen molar-refractivity contribution in [2.24, 2.45) is 11.3 Å². The molecule has 206 valence electrons. The first kappa shape index (κ1) is 27.9. The van der Waals surface area contributed by atoms with Crippen LogP contribution in [0.3, 0.4) is 0 Å². The second-order valence-corrected chi connectivity index (χ2v) is 13.0. The number of alkyl halides is 1. The largest absolute Gasteiger partial charge is 0.497 e. The minimum absolute atomic E-state index is 0.0296. The fourth-order valence-corrected chi connectivity index (χ4v) is 6.39. The van der Waals surface area contributed by atoms with E-state index in [0.717, 1.165) is 41.7 Å². The van der Waals surface area contributed by atoms with Gasteiger partial charge >= 0.3 is 5.97 Å². The summed E-state index contributed by atoms with van der Waals surface area (Å²) in [6, 6.07) is 17.3. The molecule has 0 amide bonds. The van der Waals surface area contributed by atoms with E-state index in [1.807, 2.05) is 25.1 Å². The molecule has 1 spiro atoms. The van der Waals surface area contributed by atoms with Crippen molar-refractivity contribution in [3.63, 3.8) is 0 Å². The summed E-state index contributed by atoms with van der Waals surface area (Å²) in [7, 11) is 1.59. The SMILES string of the molecule is CCOC(=O)[C@@H]1C[C@]12CCc1ccc(OCc3ccc(-c4cc(OC)ccc4F)c(C(I)C(C)(C)C)c3)cc12. The van der Waals surface area contributed by atoms with Crippen LogP contribution in [0, 0.1) is 17.2 Å². The summed E-state index contributed by atoms with van der Waals surface area (Å²) in [4.78, 5) is 12.4. The lowest BCUT2D eigenvalue weighted by atomic mass is 9.84. The van der Waals surface area contributed by atoms with E-state index < -0.39 is 0 Å². The molecule has 39 heavy (non-hydrogen) atoms. The van der Waals surface area contributed by atoms with E-state index in [9.17, 15) is 9.18 Å². The lowest BCUT2D eigenvalue weighted by Crippen LogP contribution is -2.15. The fourth-order valence-electron chi connectivity index (χ4n) is 5.88. The summed E-state index contributed by atoms with van der Waals surface area (Å²) in [5, 5.41) is 0. The second-order valence-electron chi connectivity index (χ2n) is 11.8. The number of carbonyl (C=O) groups is 1. The minimum Gasteiger partial charge on any atom is -0.497 e. The Hall–Kier alpha value is -2.61. The van der Waals surface area contributed by atoms with Crippen molar-refractivity contribution in [2.75, 3.05) is 13.7 Å². The Balaban J connectivity index is 1.41. The van der Waals surface area contributed by atoms with Gasteiger partial charge in [0.2, 0.25) is 0 Å². The van der Waals surface area contributed by atoms with E-state index in [1.165, 1.54) is 17.2 Å². The Morgan fingerprint density at radius 3 is 2.56 bits per heavy atom. The van der Waals surface area contributed by atoms with Gasteiger partial charge in [0.05, 0.1) is 19.6 Å². The first-order valence-corrected chi connectivity index (χ1v) is 14.9. The van der Waals surface area contributed by atoms with Crippen LogP contribution in [-0.4, -0.2) is 19.7 Å². The zero-order valence-corrected chi connectivity index (χ0v) is 25.4. The summed E-state index contributed by atoms with van der Waals surface area (Å²) in [6.07, 6.45) is 2.84. The summed E-state index contributed by atoms with van der Waals surface area (Å²) in [5.74, 6) is 1.03. The molecule has 2 aliphatic carbocycles. The smallest absolute Gasteiger partial charge is 0.309 e. The van der Waals surface area contributed by atoms with E-state index >= 15 is 0 Å². The lowest BCUT2D eigenvalue weighted by Gasteiger charge is -2.28. The predicted octanol–water partition coefficient (Wildman–Crippen LogP) is 8.37. The minimum atomic E-state index is -0.271. The number of halogens is 2. The highest BCUT2D eigenvalue weighted by Crippen LogP contribution is 2.62. The molecule has 0 aromatic heterocycles. The molecule has 1 unspecified atom stereocenters. The molecule has 6 heteroatoms. The second kappa shape index (κ2) is 10.8. The highest BCUT2D eigenvalue weighted by molar-refractivity contribution is 14.1. The average molecular weight is 643 g/mol. The molecule has 3 atom stereocenters. The molecule has 1 fully saturated rings. The molecular weight excluding hydrogens is 606 g/mol. The van der Waals surface area contributed by atoms with Gasteiger partial charge in [0.15, 0.2) is 0 Å². The third kappa shape index (κ3) is 5.41. The molecule has 0 N–H and O–H groups in total. The van der Waals surface area contributed by atoms with E-state index in [2.05, 4.69) is 61.6 Å². The van der Waals surface area contributed by atoms with Crippen molar-refractivity contribution in [1.82, 2.24) is 0 Å². The fraction of sp³-hybridized carbons (Fsp3) is 0.424. The molecule has 4 nitrogen and oxygen atoms in total. The van der Waals surface area contributed by atoms with Crippen molar-refractivity contribution in [1.29, 1.82) is 0 Å². The van der Waals surface area contributed by atoms with Crippen molar-refractivity contribution in [3.05, 3.63) is 82.7 Å². The first-order valence-electron chi connectivity index (χ1n) is 13.6. The Kier molecular flexibility index (Phi) is 7.70. The van der Waals surface area contributed by atoms with Crippen LogP contribution in [0.1, 0.15) is 66.7 Å². The Morgan fingerprint density at radius 2 is 1.85 bits per heavy atom. The number of carbonyl (C=O) groups excluding carboxylic acids is 1. The number of fused-ring (bicyclic) bond motifs is 2. The van der Waals surface area contributed by atoms with Gasteiger partial charge in [-0.15, -0.1) is 0 Å². The summed E-state index contributed by atoms with van der Waals surface area (Å²) in [5.41, 5.74) is 5.92. The number of hydrogen-bond donors (Lipinski definition) is 0. The summed E-state index contributed by atoms with van der Waals surface area (Å²) in [6.45, 7) is 9.26. The van der Waals surface area contributed by atoms with Crippen molar-refractivity contribution >= 4 is 28.6 Å². The van der Waals surface area contributed by atoms with Crippen LogP contribution >= 0.6 is 22.6 Å². The molecule has 0 bridgehead atoms. The Labute approximate surface area is 244 Å². The predicted molar refractivity (Wildman–Crippen MR) is 160 cm³/mol. The van der Waals surface area contributed by atoms with Crippen LogP contribution in [0.4, 0.5) is 4.39 Å². The normalized spacial score (nSPS) is 20.4. The third-order valence-electron chi connectivity index (χ3n) is 8.12. The number of methoxy groups -OCH3 is 1. The highest BCUT2D eigenvalue weighted by Gasteiger charge is 2.62. The maximum atomic E-state index is 15.0. The number of esters is 1. The first-order chi connectivity index (χ1) is 18.6. The van der Waals surface area contributed by atoms with Gasteiger partial charge in [0.25, 0.3) is 0 Å². The molecule has 2 aliphatic rings. The van der Waals surface area contributed by atoms with Crippen molar-refractivity contribution < 1.29 is 23.4 Å². The van der Waals surface area contributed by atoms with Crippen LogP contribution < -0.4 is 9.47 Å². The molecular formula is C33H36FIO4. The van der Waals surface area contributed by atoms with Gasteiger partial charge in [-0.2, -0.15) is 0 Å². The molecule has 3 aromatic rings. The molecule has 5 rings (SSSR count). The van der Waals surface area contributed by atoms with E-state index in [1.54, 1.807) is 19.2 Å². The van der Waals surface area contributed by atoms with Crippen LogP contribution in [-0.2, 0) is 28.0 Å². The van der Waals surface area contributed by atoms with Crippen molar-refractivity contribution in [3.8, 4) is 22.6 Å². The van der Waals surface area contributed by atoms with Crippen LogP contribution in [0.2, 0.25) is 0 Å². The molecule has 1 saturated carbocycles. The zero-order valence-electron chi connectivity index (χ0n) is 23.3. The molecule has 0 heterocycles. The molecule has 0 radical (unpaired) electrons. The number of aryl methyl sites for hydroxylation is 1. The Bertz CT molecular complexity index is 1390. The number of benzene rings is 3. The molecule has 0 saturated heterocycles.